The van der Waals surface area contributed by atoms with Gasteiger partial charge in [-0.15, -0.1) is 0 Å². The molecule has 0 bridgehead atoms. The molecule has 2 aromatic carbocycles. The van der Waals surface area contributed by atoms with Gasteiger partial charge in [0.1, 0.15) is 5.03 Å². The number of rotatable bonds is 8. The van der Waals surface area contributed by atoms with Crippen LogP contribution in [0.15, 0.2) is 75.6 Å². The summed E-state index contributed by atoms with van der Waals surface area (Å²) >= 11 is 1.43. The van der Waals surface area contributed by atoms with Crippen LogP contribution in [0.4, 0.5) is 5.69 Å². The lowest BCUT2D eigenvalue weighted by Gasteiger charge is -2.12. The maximum Gasteiger partial charge on any atom is 0.262 e. The Hall–Kier alpha value is -2.84. The Morgan fingerprint density at radius 1 is 1.06 bits per heavy atom. The monoisotopic (exact) mass is 469 g/mol. The van der Waals surface area contributed by atoms with E-state index in [9.17, 15) is 13.2 Å². The second kappa shape index (κ2) is 10.2. The molecular formula is C24H27N3O3S2. The number of hydrogen-bond acceptors (Lipinski definition) is 5. The third-order valence-electron chi connectivity index (χ3n) is 4.94. The summed E-state index contributed by atoms with van der Waals surface area (Å²) in [6.45, 7) is 7.69. The van der Waals surface area contributed by atoms with Gasteiger partial charge in [0.25, 0.3) is 15.9 Å². The summed E-state index contributed by atoms with van der Waals surface area (Å²) in [7, 11) is -3.66. The molecule has 0 saturated heterocycles. The number of aromatic nitrogens is 1. The maximum atomic E-state index is 12.7. The van der Waals surface area contributed by atoms with Gasteiger partial charge in [0.05, 0.1) is 10.5 Å². The number of benzene rings is 2. The molecule has 168 valence electrons. The van der Waals surface area contributed by atoms with E-state index >= 15 is 0 Å². The van der Waals surface area contributed by atoms with Crippen LogP contribution in [0.2, 0.25) is 0 Å². The zero-order valence-corrected chi connectivity index (χ0v) is 20.2. The molecule has 2 N–H and O–H groups in total. The topological polar surface area (TPSA) is 88.2 Å². The number of carbonyl (C=O) groups excluding carboxylic acids is 1. The summed E-state index contributed by atoms with van der Waals surface area (Å²) in [5, 5.41) is 3.66. The Kier molecular flexibility index (Phi) is 7.58. The van der Waals surface area contributed by atoms with Crippen molar-refractivity contribution in [2.45, 2.75) is 55.0 Å². The van der Waals surface area contributed by atoms with Crippen LogP contribution in [0.1, 0.15) is 41.8 Å². The molecule has 0 unspecified atom stereocenters. The molecule has 3 aromatic rings. The summed E-state index contributed by atoms with van der Waals surface area (Å²) < 4.78 is 28.1. The van der Waals surface area contributed by atoms with Gasteiger partial charge in [-0.05, 0) is 75.2 Å². The molecule has 1 aromatic heterocycles. The number of nitrogens with zero attached hydrogens (tertiary/aromatic N) is 1. The van der Waals surface area contributed by atoms with Gasteiger partial charge >= 0.3 is 0 Å². The maximum absolute atomic E-state index is 12.7. The van der Waals surface area contributed by atoms with Crippen LogP contribution in [0.25, 0.3) is 0 Å². The molecule has 0 aliphatic carbocycles. The third-order valence-corrected chi connectivity index (χ3v) is 7.44. The molecule has 1 atom stereocenters. The summed E-state index contributed by atoms with van der Waals surface area (Å²) in [6, 6.07) is 16.0. The zero-order chi connectivity index (χ0) is 23.3. The first-order valence-electron chi connectivity index (χ1n) is 10.3. The van der Waals surface area contributed by atoms with Crippen LogP contribution < -0.4 is 10.0 Å². The molecule has 0 aliphatic rings. The fourth-order valence-corrected chi connectivity index (χ4v) is 5.05. The van der Waals surface area contributed by atoms with Crippen LogP contribution in [-0.4, -0.2) is 25.4 Å². The van der Waals surface area contributed by atoms with Gasteiger partial charge in [0.15, 0.2) is 0 Å². The molecule has 0 aliphatic heterocycles. The van der Waals surface area contributed by atoms with Gasteiger partial charge in [-0.3, -0.25) is 9.52 Å². The fraction of sp³-hybridized carbons (Fsp3) is 0.250. The first-order chi connectivity index (χ1) is 15.2. The summed E-state index contributed by atoms with van der Waals surface area (Å²) in [4.78, 5) is 17.7. The fourth-order valence-electron chi connectivity index (χ4n) is 3.01. The van der Waals surface area contributed by atoms with E-state index < -0.39 is 10.0 Å². The highest BCUT2D eigenvalue weighted by atomic mass is 32.2. The van der Waals surface area contributed by atoms with E-state index in [4.69, 9.17) is 0 Å². The van der Waals surface area contributed by atoms with E-state index in [1.54, 1.807) is 49.5 Å². The Bertz CT molecular complexity index is 1190. The molecule has 0 radical (unpaired) electrons. The molecule has 3 rings (SSSR count). The lowest BCUT2D eigenvalue weighted by atomic mass is 10.2. The first kappa shape index (κ1) is 23.8. The van der Waals surface area contributed by atoms with Gasteiger partial charge in [-0.2, -0.15) is 0 Å². The number of aryl methyl sites for hydroxylation is 2. The molecule has 6 nitrogen and oxygen atoms in total. The Labute approximate surface area is 193 Å². The molecular weight excluding hydrogens is 442 g/mol. The lowest BCUT2D eigenvalue weighted by Crippen LogP contribution is -2.31. The summed E-state index contributed by atoms with van der Waals surface area (Å²) in [5.41, 5.74) is 2.72. The van der Waals surface area contributed by atoms with Crippen molar-refractivity contribution in [1.82, 2.24) is 10.3 Å². The highest BCUT2D eigenvalue weighted by molar-refractivity contribution is 7.99. The molecule has 1 amide bonds. The van der Waals surface area contributed by atoms with Crippen molar-refractivity contribution in [2.75, 3.05) is 4.72 Å². The Morgan fingerprint density at radius 2 is 1.78 bits per heavy atom. The van der Waals surface area contributed by atoms with E-state index in [-0.39, 0.29) is 16.8 Å². The molecule has 0 spiro atoms. The molecule has 32 heavy (non-hydrogen) atoms. The summed E-state index contributed by atoms with van der Waals surface area (Å²) in [6.07, 6.45) is 2.43. The first-order valence-corrected chi connectivity index (χ1v) is 12.6. The van der Waals surface area contributed by atoms with Gasteiger partial charge in [-0.25, -0.2) is 13.4 Å². The van der Waals surface area contributed by atoms with Crippen LogP contribution in [0, 0.1) is 13.8 Å². The molecule has 1 heterocycles. The third kappa shape index (κ3) is 6.11. The largest absolute Gasteiger partial charge is 0.350 e. The van der Waals surface area contributed by atoms with Crippen molar-refractivity contribution in [3.8, 4) is 0 Å². The van der Waals surface area contributed by atoms with Crippen LogP contribution in [-0.2, 0) is 10.0 Å². The van der Waals surface area contributed by atoms with E-state index in [2.05, 4.69) is 15.0 Å². The van der Waals surface area contributed by atoms with Crippen molar-refractivity contribution in [3.05, 3.63) is 77.5 Å². The van der Waals surface area contributed by atoms with E-state index in [0.29, 0.717) is 16.8 Å². The van der Waals surface area contributed by atoms with Crippen LogP contribution in [0.5, 0.6) is 0 Å². The number of sulfonamides is 1. The van der Waals surface area contributed by atoms with E-state index in [1.165, 1.54) is 11.8 Å². The minimum atomic E-state index is -3.66. The van der Waals surface area contributed by atoms with Crippen LogP contribution in [0.3, 0.4) is 0 Å². The number of anilines is 1. The second-order valence-electron chi connectivity index (χ2n) is 7.67. The number of nitrogens with one attached hydrogen (secondary N) is 2. The average molecular weight is 470 g/mol. The summed E-state index contributed by atoms with van der Waals surface area (Å²) in [5.74, 6) is -0.135. The van der Waals surface area contributed by atoms with E-state index in [0.717, 1.165) is 21.9 Å². The minimum Gasteiger partial charge on any atom is -0.350 e. The SMILES string of the molecule is CC[C@H](C)NC(=O)c1ccc(Sc2ccc(NS(=O)(=O)c3ccc(C)cc3C)cc2)nc1. The predicted octanol–water partition coefficient (Wildman–Crippen LogP) is 5.18. The molecule has 0 saturated carbocycles. The lowest BCUT2D eigenvalue weighted by molar-refractivity contribution is 0.0939. The number of carbonyl (C=O) groups is 1. The zero-order valence-electron chi connectivity index (χ0n) is 18.5. The van der Waals surface area contributed by atoms with Crippen molar-refractivity contribution < 1.29 is 13.2 Å². The van der Waals surface area contributed by atoms with Gasteiger partial charge in [-0.1, -0.05) is 36.4 Å². The van der Waals surface area contributed by atoms with Crippen molar-refractivity contribution in [2.24, 2.45) is 0 Å². The minimum absolute atomic E-state index is 0.113. The van der Waals surface area contributed by atoms with Crippen molar-refractivity contribution in [3.63, 3.8) is 0 Å². The molecule has 0 fully saturated rings. The van der Waals surface area contributed by atoms with Crippen LogP contribution >= 0.6 is 11.8 Å². The van der Waals surface area contributed by atoms with Gasteiger partial charge < -0.3 is 5.32 Å². The number of amides is 1. The number of hydrogen-bond donors (Lipinski definition) is 2. The van der Waals surface area contributed by atoms with E-state index in [1.807, 2.05) is 39.0 Å². The highest BCUT2D eigenvalue weighted by Gasteiger charge is 2.17. The highest BCUT2D eigenvalue weighted by Crippen LogP contribution is 2.28. The predicted molar refractivity (Wildman–Crippen MR) is 129 cm³/mol. The van der Waals surface area contributed by atoms with Crippen molar-refractivity contribution in [1.29, 1.82) is 0 Å². The Morgan fingerprint density at radius 3 is 2.38 bits per heavy atom. The average Bonchev–Trinajstić information content (AvgIpc) is 2.75. The van der Waals surface area contributed by atoms with Gasteiger partial charge in [0, 0.05) is 22.8 Å². The smallest absolute Gasteiger partial charge is 0.262 e. The second-order valence-corrected chi connectivity index (χ2v) is 10.4. The Balaban J connectivity index is 1.65. The standard InChI is InChI=1S/C24H27N3O3S2/c1-5-18(4)26-24(28)19-7-13-23(25-15-19)31-21-10-8-20(9-11-21)27-32(29,30)22-12-6-16(2)14-17(22)3/h6-15,18,27H,5H2,1-4H3,(H,26,28)/t18-/m0/s1. The molecule has 8 heteroatoms. The number of pyridine rings is 1. The van der Waals surface area contributed by atoms with Gasteiger partial charge in [0.2, 0.25) is 0 Å². The van der Waals surface area contributed by atoms with Crippen molar-refractivity contribution >= 4 is 33.4 Å². The normalized spacial score (nSPS) is 12.2. The quantitative estimate of drug-likeness (QED) is 0.475.